The smallest absolute Gasteiger partial charge is 0.251 e. The predicted octanol–water partition coefficient (Wildman–Crippen LogP) is 3.13. The number of phenolic OH excluding ortho intramolecular Hbond substituents is 1. The fourth-order valence-corrected chi connectivity index (χ4v) is 10.3. The first-order valence-corrected chi connectivity index (χ1v) is 29.2. The molecule has 2 heterocycles. The number of hydrogen-bond donors (Lipinski definition) is 11. The number of carbonyl (C=O) groups excluding carboxylic acids is 7. The van der Waals surface area contributed by atoms with Crippen molar-refractivity contribution in [3.05, 3.63) is 108 Å². The minimum absolute atomic E-state index is 0.0226. The van der Waals surface area contributed by atoms with Crippen LogP contribution in [-0.2, 0) is 35.2 Å². The molecule has 11 N–H and O–H groups in total. The van der Waals surface area contributed by atoms with Gasteiger partial charge in [-0.1, -0.05) is 101 Å². The zero-order valence-corrected chi connectivity index (χ0v) is 48.4. The van der Waals surface area contributed by atoms with Crippen molar-refractivity contribution in [3.63, 3.8) is 0 Å². The van der Waals surface area contributed by atoms with Gasteiger partial charge in [-0.2, -0.15) is 0 Å². The first kappa shape index (κ1) is 64.7. The molecule has 2 saturated heterocycles. The van der Waals surface area contributed by atoms with Crippen LogP contribution < -0.4 is 42.0 Å². The Morgan fingerprint density at radius 2 is 1.23 bits per heavy atom. The molecule has 2 fully saturated rings. The van der Waals surface area contributed by atoms with Gasteiger partial charge in [0.25, 0.3) is 5.91 Å². The number of aryl methyl sites for hydroxylation is 1. The molecule has 6 unspecified atom stereocenters. The molecular weight excluding hydrogens is 1060 g/mol. The number of benzene rings is 4. The molecule has 21 nitrogen and oxygen atoms in total. The summed E-state index contributed by atoms with van der Waals surface area (Å²) in [6, 6.07) is 23.7. The summed E-state index contributed by atoms with van der Waals surface area (Å²) in [6.45, 7) is 10.3. The van der Waals surface area contributed by atoms with E-state index in [1.807, 2.05) is 67.6 Å². The lowest BCUT2D eigenvalue weighted by molar-refractivity contribution is -0.143. The molecule has 0 spiro atoms. The summed E-state index contributed by atoms with van der Waals surface area (Å²) in [5, 5.41) is 60.0. The van der Waals surface area contributed by atoms with E-state index >= 15 is 0 Å². The van der Waals surface area contributed by atoms with Gasteiger partial charge in [0.05, 0.1) is 32.0 Å². The number of phenols is 1. The average molecular weight is 1150 g/mol. The standard InChI is InChI=1S/C62H85N9O12/c1-6-9-10-33-83-49-26-22-45(23-27-49)43-16-14-42(15-17-43)44-18-20-46(21-19-44)57(77)65-36-55(76)66-50(7-2)61(81)71-38-48(75)35-54(71)59(79)68-52(28-13-41-11-24-47(74)25-12-41)58(78)67-51(8-3)62(82)70-37-39(4)34-53(70)60(80)69-56(40(5)73)64-30-29-63-31-32-72/h11-12,14-27,39-40,48,50-54,56,63-64,72-75H,6-10,13,28-38H2,1-5H3,(H,65,77)(H,66,76)(H,67,78)(H,68,79)(H,69,80)/t39-,40-,48-,50?,51?,52?,53?,54?,56?/m1/s1. The monoisotopic (exact) mass is 1150 g/mol. The summed E-state index contributed by atoms with van der Waals surface area (Å²) >= 11 is 0. The topological polar surface area (TPSA) is 300 Å². The molecule has 21 heteroatoms. The number of rotatable bonds is 31. The van der Waals surface area contributed by atoms with Crippen LogP contribution in [0.2, 0.25) is 0 Å². The number of hydrogen-bond acceptors (Lipinski definition) is 14. The van der Waals surface area contributed by atoms with E-state index in [0.717, 1.165) is 52.8 Å². The molecule has 7 amide bonds. The van der Waals surface area contributed by atoms with Crippen molar-refractivity contribution in [1.29, 1.82) is 0 Å². The molecule has 0 aliphatic carbocycles. The van der Waals surface area contributed by atoms with E-state index < -0.39 is 96.5 Å². The van der Waals surface area contributed by atoms with Crippen LogP contribution in [0.4, 0.5) is 0 Å². The molecule has 450 valence electrons. The number of aliphatic hydroxyl groups is 3. The summed E-state index contributed by atoms with van der Waals surface area (Å²) in [4.78, 5) is 100. The largest absolute Gasteiger partial charge is 0.508 e. The van der Waals surface area contributed by atoms with E-state index in [0.29, 0.717) is 38.2 Å². The number of carbonyl (C=O) groups is 7. The third-order valence-electron chi connectivity index (χ3n) is 15.0. The Bertz CT molecular complexity index is 2750. The average Bonchev–Trinajstić information content (AvgIpc) is 4.13. The van der Waals surface area contributed by atoms with Crippen molar-refractivity contribution < 1.29 is 58.7 Å². The van der Waals surface area contributed by atoms with Gasteiger partial charge < -0.3 is 66.9 Å². The highest BCUT2D eigenvalue weighted by Crippen LogP contribution is 2.28. The highest BCUT2D eigenvalue weighted by atomic mass is 16.5. The quantitative estimate of drug-likeness (QED) is 0.0255. The third-order valence-corrected chi connectivity index (χ3v) is 15.0. The molecule has 83 heavy (non-hydrogen) atoms. The van der Waals surface area contributed by atoms with Gasteiger partial charge in [-0.3, -0.25) is 38.9 Å². The van der Waals surface area contributed by atoms with Crippen LogP contribution in [0, 0.1) is 5.92 Å². The van der Waals surface area contributed by atoms with E-state index in [9.17, 15) is 48.9 Å². The first-order valence-electron chi connectivity index (χ1n) is 29.2. The maximum absolute atomic E-state index is 14.4. The van der Waals surface area contributed by atoms with Gasteiger partial charge in [0.2, 0.25) is 35.4 Å². The number of β-amino-alcohol motifs (C(OH)–C–C–N with tert-alkyl or cyclic N) is 1. The number of unbranched alkanes of at least 4 members (excludes halogenated alkanes) is 2. The van der Waals surface area contributed by atoms with Crippen molar-refractivity contribution in [3.8, 4) is 33.8 Å². The van der Waals surface area contributed by atoms with E-state index in [2.05, 4.69) is 44.1 Å². The van der Waals surface area contributed by atoms with E-state index in [4.69, 9.17) is 9.84 Å². The van der Waals surface area contributed by atoms with Crippen LogP contribution in [-0.4, -0.2) is 173 Å². The molecular formula is C62H85N9O12. The number of nitrogens with zero attached hydrogens (tertiary/aromatic N) is 2. The normalized spacial score (nSPS) is 18.5. The Hall–Kier alpha value is -7.43. The Morgan fingerprint density at radius 3 is 1.82 bits per heavy atom. The van der Waals surface area contributed by atoms with Crippen LogP contribution >= 0.6 is 0 Å². The Kier molecular flexibility index (Phi) is 25.3. The highest BCUT2D eigenvalue weighted by molar-refractivity contribution is 5.99. The van der Waals surface area contributed by atoms with Crippen molar-refractivity contribution in [2.24, 2.45) is 5.92 Å². The lowest BCUT2D eigenvalue weighted by atomic mass is 9.99. The van der Waals surface area contributed by atoms with Gasteiger partial charge in [-0.25, -0.2) is 0 Å². The molecule has 2 aliphatic heterocycles. The molecule has 0 aromatic heterocycles. The van der Waals surface area contributed by atoms with E-state index in [-0.39, 0.29) is 63.5 Å². The van der Waals surface area contributed by atoms with Gasteiger partial charge in [-0.05, 0) is 116 Å². The second-order valence-corrected chi connectivity index (χ2v) is 21.6. The Morgan fingerprint density at radius 1 is 0.663 bits per heavy atom. The molecule has 4 aromatic carbocycles. The maximum Gasteiger partial charge on any atom is 0.251 e. The van der Waals surface area contributed by atoms with Crippen LogP contribution in [0.1, 0.15) is 102 Å². The minimum atomic E-state index is -1.27. The maximum atomic E-state index is 14.4. The second-order valence-electron chi connectivity index (χ2n) is 21.6. The van der Waals surface area contributed by atoms with Crippen molar-refractivity contribution in [2.45, 2.75) is 141 Å². The fourth-order valence-electron chi connectivity index (χ4n) is 10.3. The highest BCUT2D eigenvalue weighted by Gasteiger charge is 2.44. The van der Waals surface area contributed by atoms with Crippen LogP contribution in [0.5, 0.6) is 11.5 Å². The SMILES string of the molecule is CCCCCOc1ccc(-c2ccc(-c3ccc(C(=O)NCC(=O)NC(CC)C(=O)N4C[C@H](O)CC4C(=O)NC(CCc4ccc(O)cc4)C(=O)NC(CC)C(=O)N4C[C@H](C)CC4C(=O)NC(NCCNCCO)[C@@H](C)O)cc3)cc2)cc1. The van der Waals surface area contributed by atoms with Gasteiger partial charge in [-0.15, -0.1) is 0 Å². The van der Waals surface area contributed by atoms with Crippen molar-refractivity contribution >= 4 is 41.4 Å². The molecule has 2 aliphatic rings. The number of aliphatic hydroxyl groups excluding tert-OH is 3. The van der Waals surface area contributed by atoms with Crippen LogP contribution in [0.3, 0.4) is 0 Å². The number of nitrogens with one attached hydrogen (secondary N) is 7. The van der Waals surface area contributed by atoms with E-state index in [1.54, 1.807) is 38.1 Å². The number of likely N-dealkylation sites (tertiary alicyclic amines) is 2. The summed E-state index contributed by atoms with van der Waals surface area (Å²) in [6.07, 6.45) is 1.02. The number of aromatic hydroxyl groups is 1. The Labute approximate surface area is 486 Å². The zero-order chi connectivity index (χ0) is 60.0. The van der Waals surface area contributed by atoms with E-state index in [1.165, 1.54) is 28.9 Å². The lowest BCUT2D eigenvalue weighted by Gasteiger charge is -2.31. The predicted molar refractivity (Wildman–Crippen MR) is 314 cm³/mol. The van der Waals surface area contributed by atoms with Crippen molar-refractivity contribution in [1.82, 2.24) is 47.0 Å². The Balaban J connectivity index is 1.05. The second kappa shape index (κ2) is 32.4. The zero-order valence-electron chi connectivity index (χ0n) is 48.4. The minimum Gasteiger partial charge on any atom is -0.508 e. The summed E-state index contributed by atoms with van der Waals surface area (Å²) in [5.41, 5.74) is 4.99. The molecule has 4 aromatic rings. The summed E-state index contributed by atoms with van der Waals surface area (Å²) < 4.78 is 5.85. The first-order chi connectivity index (χ1) is 39.9. The van der Waals surface area contributed by atoms with Crippen LogP contribution in [0.25, 0.3) is 22.3 Å². The van der Waals surface area contributed by atoms with Gasteiger partial charge >= 0.3 is 0 Å². The molecule has 9 atom stereocenters. The third kappa shape index (κ3) is 19.1. The van der Waals surface area contributed by atoms with Gasteiger partial charge in [0.1, 0.15) is 47.9 Å². The molecule has 0 bridgehead atoms. The van der Waals surface area contributed by atoms with Crippen molar-refractivity contribution in [2.75, 3.05) is 52.5 Å². The van der Waals surface area contributed by atoms with Gasteiger partial charge in [0, 0.05) is 44.7 Å². The molecule has 0 radical (unpaired) electrons. The number of ether oxygens (including phenoxy) is 1. The lowest BCUT2D eigenvalue weighted by Crippen LogP contribution is -2.60. The van der Waals surface area contributed by atoms with Gasteiger partial charge in [0.15, 0.2) is 0 Å². The summed E-state index contributed by atoms with van der Waals surface area (Å²) in [5.74, 6) is -3.49. The molecule has 0 saturated carbocycles. The molecule has 6 rings (SSSR count). The van der Waals surface area contributed by atoms with Crippen LogP contribution in [0.15, 0.2) is 97.1 Å². The fraction of sp³-hybridized carbons (Fsp3) is 0.500. The summed E-state index contributed by atoms with van der Waals surface area (Å²) in [7, 11) is 0. The number of amides is 7.